The molecule has 1 aromatic carbocycles. The van der Waals surface area contributed by atoms with Crippen molar-refractivity contribution < 1.29 is 19.5 Å². The second kappa shape index (κ2) is 10.2. The molecule has 1 heterocycles. The van der Waals surface area contributed by atoms with Gasteiger partial charge in [0.25, 0.3) is 0 Å². The van der Waals surface area contributed by atoms with Crippen molar-refractivity contribution >= 4 is 23.6 Å². The number of hydrogen-bond donors (Lipinski definition) is 3. The predicted molar refractivity (Wildman–Crippen MR) is 107 cm³/mol. The Morgan fingerprint density at radius 2 is 1.96 bits per heavy atom. The van der Waals surface area contributed by atoms with Crippen LogP contribution >= 0.6 is 0 Å². The smallest absolute Gasteiger partial charge is 0.325 e. The molecule has 28 heavy (non-hydrogen) atoms. The standard InChI is InChI=1S/C20H30N4O4/c1-14-6-7-17(15(2)11-14)21-20(28)22-18(25)12-24-9-4-5-16(8-10-24)23(3)13-19(26)27/h6-7,11,16H,4-5,8-10,12-13H2,1-3H3,(H,26,27)(H2,21,22,25,28). The van der Waals surface area contributed by atoms with E-state index in [1.165, 1.54) is 0 Å². The van der Waals surface area contributed by atoms with Gasteiger partial charge in [0.2, 0.25) is 5.91 Å². The molecule has 0 aromatic heterocycles. The van der Waals surface area contributed by atoms with Crippen LogP contribution in [0.25, 0.3) is 0 Å². The number of carboxylic acids is 1. The highest BCUT2D eigenvalue weighted by Gasteiger charge is 2.23. The van der Waals surface area contributed by atoms with E-state index < -0.39 is 12.0 Å². The Morgan fingerprint density at radius 3 is 2.64 bits per heavy atom. The number of nitrogens with zero attached hydrogens (tertiary/aromatic N) is 2. The minimum atomic E-state index is -0.835. The number of nitrogens with one attached hydrogen (secondary N) is 2. The summed E-state index contributed by atoms with van der Waals surface area (Å²) in [7, 11) is 1.82. The summed E-state index contributed by atoms with van der Waals surface area (Å²) in [4.78, 5) is 39.0. The van der Waals surface area contributed by atoms with E-state index in [0.29, 0.717) is 12.2 Å². The van der Waals surface area contributed by atoms with E-state index in [2.05, 4.69) is 10.6 Å². The van der Waals surface area contributed by atoms with Gasteiger partial charge in [0.1, 0.15) is 0 Å². The summed E-state index contributed by atoms with van der Waals surface area (Å²) in [6.07, 6.45) is 2.58. The molecule has 0 bridgehead atoms. The van der Waals surface area contributed by atoms with Gasteiger partial charge in [-0.25, -0.2) is 4.79 Å². The van der Waals surface area contributed by atoms with Crippen molar-refractivity contribution in [3.05, 3.63) is 29.3 Å². The van der Waals surface area contributed by atoms with Gasteiger partial charge in [-0.05, 0) is 58.3 Å². The lowest BCUT2D eigenvalue weighted by molar-refractivity contribution is -0.138. The molecule has 3 N–H and O–H groups in total. The molecule has 1 aromatic rings. The molecule has 0 spiro atoms. The molecule has 2 rings (SSSR count). The third kappa shape index (κ3) is 6.94. The highest BCUT2D eigenvalue weighted by atomic mass is 16.4. The summed E-state index contributed by atoms with van der Waals surface area (Å²) in [6.45, 7) is 5.49. The molecule has 154 valence electrons. The Morgan fingerprint density at radius 1 is 1.21 bits per heavy atom. The highest BCUT2D eigenvalue weighted by molar-refractivity contribution is 6.02. The normalized spacial score (nSPS) is 17.8. The SMILES string of the molecule is Cc1ccc(NC(=O)NC(=O)CN2CCCC(N(C)CC(=O)O)CC2)c(C)c1. The van der Waals surface area contributed by atoms with Crippen LogP contribution in [-0.2, 0) is 9.59 Å². The maximum absolute atomic E-state index is 12.2. The Hall–Kier alpha value is -2.45. The Bertz CT molecular complexity index is 722. The number of carbonyl (C=O) groups excluding carboxylic acids is 2. The molecule has 1 unspecified atom stereocenters. The Kier molecular flexibility index (Phi) is 7.95. The van der Waals surface area contributed by atoms with Crippen molar-refractivity contribution in [1.82, 2.24) is 15.1 Å². The van der Waals surface area contributed by atoms with Crippen molar-refractivity contribution in [2.45, 2.75) is 39.2 Å². The number of imide groups is 1. The molecule has 1 fully saturated rings. The molecule has 1 saturated heterocycles. The maximum atomic E-state index is 12.2. The molecular weight excluding hydrogens is 360 g/mol. The van der Waals surface area contributed by atoms with Crippen LogP contribution in [0.4, 0.5) is 10.5 Å². The van der Waals surface area contributed by atoms with Gasteiger partial charge in [-0.15, -0.1) is 0 Å². The van der Waals surface area contributed by atoms with Gasteiger partial charge in [-0.1, -0.05) is 17.7 Å². The number of carboxylic acid groups (broad SMARTS) is 1. The number of likely N-dealkylation sites (N-methyl/N-ethyl adjacent to an activating group) is 1. The summed E-state index contributed by atoms with van der Waals surface area (Å²) < 4.78 is 0. The van der Waals surface area contributed by atoms with Gasteiger partial charge in [0.05, 0.1) is 13.1 Å². The highest BCUT2D eigenvalue weighted by Crippen LogP contribution is 2.16. The van der Waals surface area contributed by atoms with Crippen LogP contribution in [-0.4, -0.2) is 72.1 Å². The van der Waals surface area contributed by atoms with Crippen LogP contribution < -0.4 is 10.6 Å². The second-order valence-electron chi connectivity index (χ2n) is 7.49. The molecule has 1 aliphatic heterocycles. The number of likely N-dealkylation sites (tertiary alicyclic amines) is 1. The number of benzene rings is 1. The maximum Gasteiger partial charge on any atom is 0.325 e. The fourth-order valence-corrected chi connectivity index (χ4v) is 3.56. The lowest BCUT2D eigenvalue weighted by Crippen LogP contribution is -2.42. The van der Waals surface area contributed by atoms with Gasteiger partial charge >= 0.3 is 12.0 Å². The minimum absolute atomic E-state index is 0.0176. The molecule has 1 aliphatic rings. The lowest BCUT2D eigenvalue weighted by atomic mass is 10.1. The summed E-state index contributed by atoms with van der Waals surface area (Å²) in [5.41, 5.74) is 2.72. The summed E-state index contributed by atoms with van der Waals surface area (Å²) in [5.74, 6) is -1.18. The first-order chi connectivity index (χ1) is 13.2. The molecule has 1 atom stereocenters. The van der Waals surface area contributed by atoms with Crippen molar-refractivity contribution in [2.75, 3.05) is 38.5 Å². The van der Waals surface area contributed by atoms with E-state index in [1.54, 1.807) is 0 Å². The van der Waals surface area contributed by atoms with Crippen LogP contribution in [0.15, 0.2) is 18.2 Å². The quantitative estimate of drug-likeness (QED) is 0.685. The number of urea groups is 1. The number of hydrogen-bond acceptors (Lipinski definition) is 5. The molecule has 3 amide bonds. The van der Waals surface area contributed by atoms with E-state index in [-0.39, 0.29) is 25.0 Å². The van der Waals surface area contributed by atoms with Crippen molar-refractivity contribution in [3.8, 4) is 0 Å². The average Bonchev–Trinajstić information content (AvgIpc) is 2.82. The zero-order valence-corrected chi connectivity index (χ0v) is 16.8. The molecule has 0 radical (unpaired) electrons. The van der Waals surface area contributed by atoms with Gasteiger partial charge in [-0.3, -0.25) is 24.7 Å². The average molecular weight is 390 g/mol. The van der Waals surface area contributed by atoms with Crippen molar-refractivity contribution in [3.63, 3.8) is 0 Å². The number of amides is 3. The summed E-state index contributed by atoms with van der Waals surface area (Å²) in [5, 5.41) is 14.0. The van der Waals surface area contributed by atoms with E-state index >= 15 is 0 Å². The Balaban J connectivity index is 1.79. The topological polar surface area (TPSA) is 102 Å². The molecule has 8 nitrogen and oxygen atoms in total. The third-order valence-corrected chi connectivity index (χ3v) is 5.05. The van der Waals surface area contributed by atoms with Gasteiger partial charge in [0.15, 0.2) is 0 Å². The molecule has 0 saturated carbocycles. The van der Waals surface area contributed by atoms with Gasteiger partial charge in [0, 0.05) is 18.3 Å². The Labute approximate surface area is 165 Å². The first kappa shape index (κ1) is 21.8. The van der Waals surface area contributed by atoms with E-state index in [0.717, 1.165) is 36.9 Å². The molecular formula is C20H30N4O4. The third-order valence-electron chi connectivity index (χ3n) is 5.05. The summed E-state index contributed by atoms with van der Waals surface area (Å²) >= 11 is 0. The van der Waals surface area contributed by atoms with Gasteiger partial charge < -0.3 is 10.4 Å². The van der Waals surface area contributed by atoms with Crippen LogP contribution in [0.5, 0.6) is 0 Å². The largest absolute Gasteiger partial charge is 0.480 e. The van der Waals surface area contributed by atoms with Crippen LogP contribution in [0.2, 0.25) is 0 Å². The molecule has 0 aliphatic carbocycles. The fourth-order valence-electron chi connectivity index (χ4n) is 3.56. The van der Waals surface area contributed by atoms with E-state index in [1.807, 2.05) is 48.9 Å². The number of aliphatic carboxylic acids is 1. The van der Waals surface area contributed by atoms with Gasteiger partial charge in [-0.2, -0.15) is 0 Å². The molecule has 8 heteroatoms. The number of anilines is 1. The van der Waals surface area contributed by atoms with Crippen LogP contribution in [0.3, 0.4) is 0 Å². The van der Waals surface area contributed by atoms with E-state index in [9.17, 15) is 14.4 Å². The fraction of sp³-hybridized carbons (Fsp3) is 0.550. The van der Waals surface area contributed by atoms with Crippen molar-refractivity contribution in [2.24, 2.45) is 0 Å². The summed E-state index contributed by atoms with van der Waals surface area (Å²) in [6, 6.07) is 5.34. The number of aryl methyl sites for hydroxylation is 2. The van der Waals surface area contributed by atoms with E-state index in [4.69, 9.17) is 5.11 Å². The zero-order valence-electron chi connectivity index (χ0n) is 16.8. The minimum Gasteiger partial charge on any atom is -0.480 e. The monoisotopic (exact) mass is 390 g/mol. The van der Waals surface area contributed by atoms with Crippen LogP contribution in [0.1, 0.15) is 30.4 Å². The second-order valence-corrected chi connectivity index (χ2v) is 7.49. The first-order valence-electron chi connectivity index (χ1n) is 9.57. The lowest BCUT2D eigenvalue weighted by Gasteiger charge is -2.25. The predicted octanol–water partition coefficient (Wildman–Crippen LogP) is 1.82. The number of carbonyl (C=O) groups is 3. The zero-order chi connectivity index (χ0) is 20.7. The number of rotatable bonds is 6. The first-order valence-corrected chi connectivity index (χ1v) is 9.57. The van der Waals surface area contributed by atoms with Crippen LogP contribution in [0, 0.1) is 13.8 Å². The van der Waals surface area contributed by atoms with Crippen molar-refractivity contribution in [1.29, 1.82) is 0 Å².